The molecule has 5 rings (SSSR count). The maximum atomic E-state index is 13.0. The predicted octanol–water partition coefficient (Wildman–Crippen LogP) is 5.87. The number of hydrogen-bond donors (Lipinski definition) is 1. The van der Waals surface area contributed by atoms with Gasteiger partial charge in [0.25, 0.3) is 5.91 Å². The summed E-state index contributed by atoms with van der Waals surface area (Å²) in [5.74, 6) is 1.73. The molecule has 7 nitrogen and oxygen atoms in total. The van der Waals surface area contributed by atoms with Crippen LogP contribution in [-0.2, 0) is 13.7 Å². The summed E-state index contributed by atoms with van der Waals surface area (Å²) in [5, 5.41) is 2.95. The first-order valence-electron chi connectivity index (χ1n) is 11.7. The molecule has 0 fully saturated rings. The molecule has 36 heavy (non-hydrogen) atoms. The molecule has 0 aliphatic carbocycles. The number of para-hydroxylation sites is 2. The molecule has 0 radical (unpaired) electrons. The van der Waals surface area contributed by atoms with E-state index >= 15 is 0 Å². The Balaban J connectivity index is 1.30. The third kappa shape index (κ3) is 4.90. The topological polar surface area (TPSA) is 78.3 Å². The fourth-order valence-electron chi connectivity index (χ4n) is 3.99. The van der Waals surface area contributed by atoms with Gasteiger partial charge in [0.05, 0.1) is 17.6 Å². The second kappa shape index (κ2) is 10.3. The highest BCUT2D eigenvalue weighted by atomic mass is 16.5. The smallest absolute Gasteiger partial charge is 0.255 e. The first-order chi connectivity index (χ1) is 17.6. The Morgan fingerprint density at radius 2 is 1.78 bits per heavy atom. The quantitative estimate of drug-likeness (QED) is 0.302. The molecule has 0 saturated heterocycles. The Morgan fingerprint density at radius 1 is 0.944 bits per heavy atom. The van der Waals surface area contributed by atoms with Crippen molar-refractivity contribution < 1.29 is 14.3 Å². The number of anilines is 1. The van der Waals surface area contributed by atoms with Gasteiger partial charge in [0.2, 0.25) is 0 Å². The standard InChI is InChI=1S/C29H26N4O3/c1-3-35-27-17-22(12-15-26(27)36-19-20-7-6-16-30-18-20)29(34)31-23-13-10-21(11-14-23)28-32-24-8-4-5-9-25(24)33(28)2/h4-18H,3,19H2,1-2H3,(H,31,34). The van der Waals surface area contributed by atoms with Gasteiger partial charge in [-0.15, -0.1) is 0 Å². The molecule has 0 unspecified atom stereocenters. The summed E-state index contributed by atoms with van der Waals surface area (Å²) in [6.45, 7) is 2.71. The molecule has 7 heteroatoms. The van der Waals surface area contributed by atoms with Gasteiger partial charge in [0.1, 0.15) is 12.4 Å². The number of imidazole rings is 1. The summed E-state index contributed by atoms with van der Waals surface area (Å²) >= 11 is 0. The molecule has 5 aromatic rings. The molecule has 1 amide bonds. The lowest BCUT2D eigenvalue weighted by atomic mass is 10.1. The number of amides is 1. The van der Waals surface area contributed by atoms with Crippen LogP contribution < -0.4 is 14.8 Å². The van der Waals surface area contributed by atoms with Gasteiger partial charge < -0.3 is 19.4 Å². The summed E-state index contributed by atoms with van der Waals surface area (Å²) in [5.41, 5.74) is 5.11. The van der Waals surface area contributed by atoms with Crippen molar-refractivity contribution in [2.75, 3.05) is 11.9 Å². The molecule has 0 atom stereocenters. The van der Waals surface area contributed by atoms with Crippen LogP contribution in [0.3, 0.4) is 0 Å². The molecule has 1 N–H and O–H groups in total. The first-order valence-corrected chi connectivity index (χ1v) is 11.7. The van der Waals surface area contributed by atoms with Gasteiger partial charge in [-0.3, -0.25) is 9.78 Å². The summed E-state index contributed by atoms with van der Waals surface area (Å²) in [6.07, 6.45) is 3.47. The Hall–Kier alpha value is -4.65. The van der Waals surface area contributed by atoms with Crippen molar-refractivity contribution in [2.45, 2.75) is 13.5 Å². The normalized spacial score (nSPS) is 10.8. The third-order valence-electron chi connectivity index (χ3n) is 5.81. The fourth-order valence-corrected chi connectivity index (χ4v) is 3.99. The molecule has 0 aliphatic heterocycles. The minimum atomic E-state index is -0.231. The molecule has 0 spiro atoms. The number of nitrogens with one attached hydrogen (secondary N) is 1. The van der Waals surface area contributed by atoms with Gasteiger partial charge in [0.15, 0.2) is 11.5 Å². The van der Waals surface area contributed by atoms with E-state index in [2.05, 4.69) is 14.9 Å². The van der Waals surface area contributed by atoms with Crippen LogP contribution >= 0.6 is 0 Å². The van der Waals surface area contributed by atoms with Crippen LogP contribution in [0.15, 0.2) is 91.3 Å². The summed E-state index contributed by atoms with van der Waals surface area (Å²) < 4.78 is 13.7. The van der Waals surface area contributed by atoms with E-state index in [1.165, 1.54) is 0 Å². The average molecular weight is 479 g/mol. The molecule has 0 bridgehead atoms. The summed E-state index contributed by atoms with van der Waals surface area (Å²) in [7, 11) is 2.00. The second-order valence-electron chi connectivity index (χ2n) is 8.26. The Labute approximate surface area is 209 Å². The van der Waals surface area contributed by atoms with Crippen LogP contribution in [0.5, 0.6) is 11.5 Å². The van der Waals surface area contributed by atoms with Gasteiger partial charge in [-0.05, 0) is 67.6 Å². The van der Waals surface area contributed by atoms with Crippen molar-refractivity contribution in [2.24, 2.45) is 7.05 Å². The maximum absolute atomic E-state index is 13.0. The number of benzene rings is 3. The highest BCUT2D eigenvalue weighted by Crippen LogP contribution is 2.30. The van der Waals surface area contributed by atoms with Gasteiger partial charge >= 0.3 is 0 Å². The van der Waals surface area contributed by atoms with Gasteiger partial charge in [-0.1, -0.05) is 18.2 Å². The highest BCUT2D eigenvalue weighted by Gasteiger charge is 2.14. The lowest BCUT2D eigenvalue weighted by Crippen LogP contribution is -2.12. The van der Waals surface area contributed by atoms with Crippen molar-refractivity contribution in [3.8, 4) is 22.9 Å². The molecular weight excluding hydrogens is 452 g/mol. The van der Waals surface area contributed by atoms with E-state index in [1.807, 2.05) is 74.6 Å². The van der Waals surface area contributed by atoms with Crippen molar-refractivity contribution in [1.82, 2.24) is 14.5 Å². The SMILES string of the molecule is CCOc1cc(C(=O)Nc2ccc(-c3nc4ccccc4n3C)cc2)ccc1OCc1cccnc1. The Morgan fingerprint density at radius 3 is 2.53 bits per heavy atom. The fraction of sp³-hybridized carbons (Fsp3) is 0.138. The van der Waals surface area contributed by atoms with Gasteiger partial charge in [-0.2, -0.15) is 0 Å². The van der Waals surface area contributed by atoms with Gasteiger partial charge in [-0.25, -0.2) is 4.98 Å². The van der Waals surface area contributed by atoms with E-state index in [1.54, 1.807) is 30.6 Å². The molecule has 2 aromatic heterocycles. The number of carbonyl (C=O) groups is 1. The zero-order valence-corrected chi connectivity index (χ0v) is 20.1. The minimum absolute atomic E-state index is 0.231. The third-order valence-corrected chi connectivity index (χ3v) is 5.81. The van der Waals surface area contributed by atoms with Crippen LogP contribution in [0.4, 0.5) is 5.69 Å². The van der Waals surface area contributed by atoms with Crippen LogP contribution in [0, 0.1) is 0 Å². The van der Waals surface area contributed by atoms with E-state index < -0.39 is 0 Å². The molecule has 180 valence electrons. The number of ether oxygens (including phenoxy) is 2. The number of aryl methyl sites for hydroxylation is 1. The molecular formula is C29H26N4O3. The molecule has 2 heterocycles. The van der Waals surface area contributed by atoms with Crippen molar-refractivity contribution >= 4 is 22.6 Å². The number of rotatable bonds is 8. The van der Waals surface area contributed by atoms with Crippen LogP contribution in [-0.4, -0.2) is 27.0 Å². The number of aromatic nitrogens is 3. The first kappa shape index (κ1) is 23.1. The monoisotopic (exact) mass is 478 g/mol. The number of nitrogens with zero attached hydrogens (tertiary/aromatic N) is 3. The Bertz CT molecular complexity index is 1490. The van der Waals surface area contributed by atoms with Crippen LogP contribution in [0.2, 0.25) is 0 Å². The zero-order chi connectivity index (χ0) is 24.9. The number of carbonyl (C=O) groups excluding carboxylic acids is 1. The number of fused-ring (bicyclic) bond motifs is 1. The maximum Gasteiger partial charge on any atom is 0.255 e. The summed E-state index contributed by atoms with van der Waals surface area (Å²) in [4.78, 5) is 21.8. The second-order valence-corrected chi connectivity index (χ2v) is 8.26. The lowest BCUT2D eigenvalue weighted by Gasteiger charge is -2.14. The molecule has 0 aliphatic rings. The van der Waals surface area contributed by atoms with Gasteiger partial charge in [0, 0.05) is 41.8 Å². The molecule has 3 aromatic carbocycles. The van der Waals surface area contributed by atoms with E-state index in [-0.39, 0.29) is 5.91 Å². The number of hydrogen-bond acceptors (Lipinski definition) is 5. The van der Waals surface area contributed by atoms with Crippen LogP contribution in [0.25, 0.3) is 22.4 Å². The van der Waals surface area contributed by atoms with Crippen LogP contribution in [0.1, 0.15) is 22.8 Å². The van der Waals surface area contributed by atoms with E-state index in [0.29, 0.717) is 36.0 Å². The van der Waals surface area contributed by atoms with Crippen molar-refractivity contribution in [1.29, 1.82) is 0 Å². The summed E-state index contributed by atoms with van der Waals surface area (Å²) in [6, 6.07) is 24.7. The lowest BCUT2D eigenvalue weighted by molar-refractivity contribution is 0.102. The van der Waals surface area contributed by atoms with Crippen molar-refractivity contribution in [3.05, 3.63) is 102 Å². The average Bonchev–Trinajstić information content (AvgIpc) is 3.25. The van der Waals surface area contributed by atoms with E-state index in [9.17, 15) is 4.79 Å². The molecule has 0 saturated carbocycles. The predicted molar refractivity (Wildman–Crippen MR) is 140 cm³/mol. The Kier molecular flexibility index (Phi) is 6.62. The largest absolute Gasteiger partial charge is 0.490 e. The zero-order valence-electron chi connectivity index (χ0n) is 20.1. The van der Waals surface area contributed by atoms with E-state index in [4.69, 9.17) is 14.5 Å². The van der Waals surface area contributed by atoms with Crippen molar-refractivity contribution in [3.63, 3.8) is 0 Å². The van der Waals surface area contributed by atoms with E-state index in [0.717, 1.165) is 28.0 Å². The minimum Gasteiger partial charge on any atom is -0.490 e. The highest BCUT2D eigenvalue weighted by molar-refractivity contribution is 6.04. The number of pyridine rings is 1.